The fourth-order valence-electron chi connectivity index (χ4n) is 2.67. The topological polar surface area (TPSA) is 12.0 Å². The van der Waals surface area contributed by atoms with Gasteiger partial charge in [0.15, 0.2) is 0 Å². The molecular formula is C17H23NS. The summed E-state index contributed by atoms with van der Waals surface area (Å²) in [7, 11) is 1.99. The Kier molecular flexibility index (Phi) is 4.12. The predicted molar refractivity (Wildman–Crippen MR) is 86.2 cm³/mol. The van der Waals surface area contributed by atoms with Gasteiger partial charge < -0.3 is 5.32 Å². The molecule has 0 saturated carbocycles. The number of benzene rings is 1. The molecule has 1 aromatic carbocycles. The molecule has 0 fully saturated rings. The van der Waals surface area contributed by atoms with E-state index >= 15 is 0 Å². The lowest BCUT2D eigenvalue weighted by Crippen LogP contribution is -2.03. The van der Waals surface area contributed by atoms with Gasteiger partial charge in [0.1, 0.15) is 0 Å². The maximum absolute atomic E-state index is 3.22. The van der Waals surface area contributed by atoms with Crippen molar-refractivity contribution in [3.8, 4) is 10.4 Å². The van der Waals surface area contributed by atoms with E-state index in [4.69, 9.17) is 0 Å². The zero-order valence-electron chi connectivity index (χ0n) is 12.8. The summed E-state index contributed by atoms with van der Waals surface area (Å²) in [4.78, 5) is 1.39. The molecule has 0 amide bonds. The largest absolute Gasteiger partial charge is 0.316 e. The molecule has 2 aromatic rings. The van der Waals surface area contributed by atoms with Gasteiger partial charge in [0.2, 0.25) is 0 Å². The molecule has 1 nitrogen and oxygen atoms in total. The van der Waals surface area contributed by atoms with Crippen molar-refractivity contribution in [1.82, 2.24) is 5.32 Å². The number of rotatable bonds is 3. The van der Waals surface area contributed by atoms with Crippen LogP contribution in [0.25, 0.3) is 10.4 Å². The minimum Gasteiger partial charge on any atom is -0.316 e. The average molecular weight is 273 g/mol. The van der Waals surface area contributed by atoms with E-state index < -0.39 is 0 Å². The molecule has 0 spiro atoms. The maximum Gasteiger partial charge on any atom is 0.0351 e. The number of thiophene rings is 1. The van der Waals surface area contributed by atoms with E-state index in [1.54, 1.807) is 0 Å². The molecule has 1 heterocycles. The van der Waals surface area contributed by atoms with E-state index in [9.17, 15) is 0 Å². The van der Waals surface area contributed by atoms with Crippen LogP contribution < -0.4 is 5.32 Å². The van der Waals surface area contributed by atoms with Crippen LogP contribution in [0.5, 0.6) is 0 Å². The van der Waals surface area contributed by atoms with Gasteiger partial charge in [-0.15, -0.1) is 11.3 Å². The number of nitrogens with one attached hydrogen (secondary N) is 1. The van der Waals surface area contributed by atoms with Crippen LogP contribution in [-0.4, -0.2) is 7.05 Å². The zero-order valence-corrected chi connectivity index (χ0v) is 13.6. The summed E-state index contributed by atoms with van der Waals surface area (Å²) in [5, 5.41) is 5.48. The van der Waals surface area contributed by atoms with Gasteiger partial charge in [-0.05, 0) is 92.1 Å². The summed E-state index contributed by atoms with van der Waals surface area (Å²) in [5.41, 5.74) is 9.97. The highest BCUT2D eigenvalue weighted by Gasteiger charge is 2.15. The molecule has 2 heteroatoms. The van der Waals surface area contributed by atoms with Gasteiger partial charge in [-0.3, -0.25) is 0 Å². The summed E-state index contributed by atoms with van der Waals surface area (Å²) in [6.07, 6.45) is 0. The molecular weight excluding hydrogens is 250 g/mol. The van der Waals surface area contributed by atoms with E-state index in [1.807, 2.05) is 18.4 Å². The summed E-state index contributed by atoms with van der Waals surface area (Å²) in [6, 6.07) is 2.32. The first-order chi connectivity index (χ1) is 8.97. The van der Waals surface area contributed by atoms with Gasteiger partial charge in [0.25, 0.3) is 0 Å². The molecule has 2 rings (SSSR count). The van der Waals surface area contributed by atoms with Gasteiger partial charge in [-0.2, -0.15) is 0 Å². The van der Waals surface area contributed by atoms with Gasteiger partial charge in [-0.1, -0.05) is 0 Å². The van der Waals surface area contributed by atoms with Crippen LogP contribution in [0.15, 0.2) is 11.4 Å². The highest BCUT2D eigenvalue weighted by atomic mass is 32.1. The molecule has 1 aromatic heterocycles. The van der Waals surface area contributed by atoms with Crippen molar-refractivity contribution >= 4 is 11.3 Å². The minimum absolute atomic E-state index is 0.943. The first-order valence-corrected chi connectivity index (χ1v) is 7.64. The van der Waals surface area contributed by atoms with Gasteiger partial charge >= 0.3 is 0 Å². The van der Waals surface area contributed by atoms with Crippen molar-refractivity contribution in [2.24, 2.45) is 0 Å². The van der Waals surface area contributed by atoms with E-state index in [2.05, 4.69) is 51.4 Å². The fraction of sp³-hybridized carbons (Fsp3) is 0.412. The second-order valence-electron chi connectivity index (χ2n) is 5.35. The Morgan fingerprint density at radius 3 is 1.95 bits per heavy atom. The Bertz CT molecular complexity index is 579. The standard InChI is InChI=1S/C17H23NS/c1-10-11(2)13(4)17(14(5)12(10)3)16-7-15(8-18-6)9-19-16/h7,9,18H,8H2,1-6H3. The molecule has 19 heavy (non-hydrogen) atoms. The third kappa shape index (κ3) is 2.47. The molecule has 0 bridgehead atoms. The van der Waals surface area contributed by atoms with Crippen LogP contribution in [0, 0.1) is 34.6 Å². The summed E-state index contributed by atoms with van der Waals surface area (Å²) in [6.45, 7) is 12.2. The van der Waals surface area contributed by atoms with Crippen molar-refractivity contribution in [3.05, 3.63) is 44.8 Å². The number of hydrogen-bond acceptors (Lipinski definition) is 2. The molecule has 0 unspecified atom stereocenters. The molecule has 0 radical (unpaired) electrons. The van der Waals surface area contributed by atoms with E-state index in [0.717, 1.165) is 6.54 Å². The lowest BCUT2D eigenvalue weighted by molar-refractivity contribution is 0.821. The first kappa shape index (κ1) is 14.3. The molecule has 0 aliphatic heterocycles. The summed E-state index contributed by atoms with van der Waals surface area (Å²) < 4.78 is 0. The Labute approximate surface area is 120 Å². The van der Waals surface area contributed by atoms with Crippen molar-refractivity contribution in [2.45, 2.75) is 41.2 Å². The third-order valence-corrected chi connectivity index (χ3v) is 5.28. The maximum atomic E-state index is 3.22. The predicted octanol–water partition coefficient (Wildman–Crippen LogP) is 4.68. The van der Waals surface area contributed by atoms with Crippen molar-refractivity contribution in [1.29, 1.82) is 0 Å². The normalized spacial score (nSPS) is 11.1. The van der Waals surface area contributed by atoms with Crippen LogP contribution in [0.2, 0.25) is 0 Å². The Morgan fingerprint density at radius 1 is 0.895 bits per heavy atom. The van der Waals surface area contributed by atoms with Gasteiger partial charge in [0, 0.05) is 11.4 Å². The first-order valence-electron chi connectivity index (χ1n) is 6.76. The quantitative estimate of drug-likeness (QED) is 0.856. The molecule has 102 valence electrons. The molecule has 0 aliphatic rings. The van der Waals surface area contributed by atoms with Crippen LogP contribution in [-0.2, 0) is 6.54 Å². The molecule has 0 atom stereocenters. The SMILES string of the molecule is CNCc1csc(-c2c(C)c(C)c(C)c(C)c2C)c1. The molecule has 0 aliphatic carbocycles. The van der Waals surface area contributed by atoms with Crippen LogP contribution in [0.3, 0.4) is 0 Å². The van der Waals surface area contributed by atoms with Crippen LogP contribution in [0.1, 0.15) is 33.4 Å². The fourth-order valence-corrected chi connectivity index (χ4v) is 3.75. The zero-order chi connectivity index (χ0) is 14.2. The van der Waals surface area contributed by atoms with E-state index in [-0.39, 0.29) is 0 Å². The van der Waals surface area contributed by atoms with Crippen molar-refractivity contribution in [2.75, 3.05) is 7.05 Å². The minimum atomic E-state index is 0.943. The summed E-state index contributed by atoms with van der Waals surface area (Å²) in [5.74, 6) is 0. The van der Waals surface area contributed by atoms with Gasteiger partial charge in [-0.25, -0.2) is 0 Å². The van der Waals surface area contributed by atoms with Crippen molar-refractivity contribution < 1.29 is 0 Å². The monoisotopic (exact) mass is 273 g/mol. The lowest BCUT2D eigenvalue weighted by atomic mass is 9.89. The lowest BCUT2D eigenvalue weighted by Gasteiger charge is -2.17. The Hall–Kier alpha value is -1.12. The summed E-state index contributed by atoms with van der Waals surface area (Å²) >= 11 is 1.85. The third-order valence-electron chi connectivity index (χ3n) is 4.28. The number of hydrogen-bond donors (Lipinski definition) is 1. The van der Waals surface area contributed by atoms with Crippen LogP contribution in [0.4, 0.5) is 0 Å². The highest BCUT2D eigenvalue weighted by molar-refractivity contribution is 7.13. The highest BCUT2D eigenvalue weighted by Crippen LogP contribution is 2.37. The second-order valence-corrected chi connectivity index (χ2v) is 6.26. The van der Waals surface area contributed by atoms with E-state index in [1.165, 1.54) is 43.8 Å². The molecule has 1 N–H and O–H groups in total. The smallest absolute Gasteiger partial charge is 0.0351 e. The molecule has 0 saturated heterocycles. The average Bonchev–Trinajstić information content (AvgIpc) is 2.83. The Morgan fingerprint density at radius 2 is 1.42 bits per heavy atom. The van der Waals surface area contributed by atoms with Crippen molar-refractivity contribution in [3.63, 3.8) is 0 Å². The van der Waals surface area contributed by atoms with E-state index in [0.29, 0.717) is 0 Å². The van der Waals surface area contributed by atoms with Gasteiger partial charge in [0.05, 0.1) is 0 Å². The Balaban J connectivity index is 2.61. The van der Waals surface area contributed by atoms with Crippen LogP contribution >= 0.6 is 11.3 Å². The second kappa shape index (κ2) is 5.48.